The molecular weight excluding hydrogens is 274 g/mol. The topological polar surface area (TPSA) is 55.4 Å². The van der Waals surface area contributed by atoms with E-state index in [1.165, 1.54) is 7.11 Å². The van der Waals surface area contributed by atoms with E-state index in [0.717, 1.165) is 4.90 Å². The van der Waals surface area contributed by atoms with Crippen LogP contribution in [0.3, 0.4) is 0 Å². The number of benzene rings is 1. The van der Waals surface area contributed by atoms with Crippen molar-refractivity contribution in [3.05, 3.63) is 30.3 Å². The van der Waals surface area contributed by atoms with Crippen molar-refractivity contribution in [1.29, 1.82) is 0 Å². The van der Waals surface area contributed by atoms with Crippen molar-refractivity contribution in [2.45, 2.75) is 30.4 Å². The van der Waals surface area contributed by atoms with Gasteiger partial charge in [0.05, 0.1) is 7.11 Å². The summed E-state index contributed by atoms with van der Waals surface area (Å²) in [5, 5.41) is 3.04. The van der Waals surface area contributed by atoms with Crippen LogP contribution in [0, 0.1) is 5.92 Å². The first kappa shape index (κ1) is 16.6. The first-order chi connectivity index (χ1) is 9.58. The molecule has 0 aliphatic rings. The maximum absolute atomic E-state index is 11.9. The summed E-state index contributed by atoms with van der Waals surface area (Å²) in [5.74, 6) is -1.46. The first-order valence-corrected chi connectivity index (χ1v) is 7.53. The van der Waals surface area contributed by atoms with Gasteiger partial charge in [-0.15, -0.1) is 11.8 Å². The highest BCUT2D eigenvalue weighted by molar-refractivity contribution is 8.00. The van der Waals surface area contributed by atoms with Gasteiger partial charge in [0.25, 0.3) is 0 Å². The summed E-state index contributed by atoms with van der Waals surface area (Å²) in [4.78, 5) is 24.5. The van der Waals surface area contributed by atoms with Gasteiger partial charge in [-0.3, -0.25) is 9.59 Å². The minimum absolute atomic E-state index is 0.233. The molecule has 1 aromatic rings. The van der Waals surface area contributed by atoms with E-state index in [4.69, 9.17) is 0 Å². The molecule has 0 spiro atoms. The van der Waals surface area contributed by atoms with E-state index in [1.807, 2.05) is 37.3 Å². The number of rotatable bonds is 7. The molecule has 1 aromatic carbocycles. The Bertz CT molecular complexity index is 436. The van der Waals surface area contributed by atoms with Crippen LogP contribution in [0.5, 0.6) is 0 Å². The van der Waals surface area contributed by atoms with Crippen molar-refractivity contribution in [2.24, 2.45) is 5.92 Å². The Kier molecular flexibility index (Phi) is 7.15. The van der Waals surface area contributed by atoms with E-state index in [9.17, 15) is 9.59 Å². The number of thioether (sulfide) groups is 1. The normalized spacial score (nSPS) is 13.3. The van der Waals surface area contributed by atoms with Crippen molar-refractivity contribution < 1.29 is 14.3 Å². The van der Waals surface area contributed by atoms with Gasteiger partial charge in [0.15, 0.2) is 0 Å². The summed E-state index contributed by atoms with van der Waals surface area (Å²) < 4.78 is 4.62. The van der Waals surface area contributed by atoms with E-state index in [2.05, 4.69) is 10.1 Å². The summed E-state index contributed by atoms with van der Waals surface area (Å²) in [6.07, 6.45) is 0.443. The van der Waals surface area contributed by atoms with Crippen LogP contribution in [0.4, 0.5) is 0 Å². The van der Waals surface area contributed by atoms with Gasteiger partial charge in [-0.2, -0.15) is 0 Å². The molecule has 0 aromatic heterocycles. The summed E-state index contributed by atoms with van der Waals surface area (Å²) in [6, 6.07) is 10.0. The van der Waals surface area contributed by atoms with E-state index < -0.39 is 11.9 Å². The number of amides is 1. The molecule has 1 rings (SSSR count). The molecule has 0 saturated carbocycles. The average molecular weight is 295 g/mol. The van der Waals surface area contributed by atoms with Gasteiger partial charge in [0.1, 0.15) is 5.92 Å². The second-order valence-electron chi connectivity index (χ2n) is 4.47. The van der Waals surface area contributed by atoms with Crippen LogP contribution >= 0.6 is 11.8 Å². The Morgan fingerprint density at radius 2 is 1.95 bits per heavy atom. The van der Waals surface area contributed by atoms with Gasteiger partial charge in [0, 0.05) is 16.7 Å². The number of nitrogens with one attached hydrogen (secondary N) is 1. The van der Waals surface area contributed by atoms with Crippen molar-refractivity contribution in [3.63, 3.8) is 0 Å². The highest BCUT2D eigenvalue weighted by Gasteiger charge is 2.25. The summed E-state index contributed by atoms with van der Waals surface area (Å²) in [7, 11) is 1.30. The second-order valence-corrected chi connectivity index (χ2v) is 5.98. The molecule has 20 heavy (non-hydrogen) atoms. The minimum Gasteiger partial charge on any atom is -0.468 e. The standard InChI is InChI=1S/C15H21NO3S/c1-4-13(15(18)19-3)14(17)16-10-11(2)20-12-8-6-5-7-9-12/h5-9,11,13H,4,10H2,1-3H3,(H,16,17)/t11-,13-/m0/s1. The predicted octanol–water partition coefficient (Wildman–Crippen LogP) is 2.48. The highest BCUT2D eigenvalue weighted by Crippen LogP contribution is 2.22. The van der Waals surface area contributed by atoms with Crippen LogP contribution in [0.1, 0.15) is 20.3 Å². The van der Waals surface area contributed by atoms with Crippen LogP contribution in [0.15, 0.2) is 35.2 Å². The molecule has 0 saturated heterocycles. The molecule has 0 bridgehead atoms. The van der Waals surface area contributed by atoms with Crippen molar-refractivity contribution in [2.75, 3.05) is 13.7 Å². The summed E-state index contributed by atoms with van der Waals surface area (Å²) in [5.41, 5.74) is 0. The van der Waals surface area contributed by atoms with Crippen molar-refractivity contribution >= 4 is 23.6 Å². The number of hydrogen-bond acceptors (Lipinski definition) is 4. The predicted molar refractivity (Wildman–Crippen MR) is 80.6 cm³/mol. The monoisotopic (exact) mass is 295 g/mol. The number of esters is 1. The van der Waals surface area contributed by atoms with Crippen LogP contribution in [0.2, 0.25) is 0 Å². The third kappa shape index (κ3) is 5.25. The molecule has 110 valence electrons. The zero-order chi connectivity index (χ0) is 15.0. The Balaban J connectivity index is 2.42. The lowest BCUT2D eigenvalue weighted by Gasteiger charge is -2.16. The quantitative estimate of drug-likeness (QED) is 0.477. The molecule has 0 unspecified atom stereocenters. The van der Waals surface area contributed by atoms with Gasteiger partial charge in [-0.25, -0.2) is 0 Å². The van der Waals surface area contributed by atoms with Gasteiger partial charge < -0.3 is 10.1 Å². The van der Waals surface area contributed by atoms with Crippen LogP contribution < -0.4 is 5.32 Å². The molecule has 0 fully saturated rings. The fourth-order valence-corrected chi connectivity index (χ4v) is 2.69. The molecule has 2 atom stereocenters. The summed E-state index contributed by atoms with van der Waals surface area (Å²) >= 11 is 1.69. The molecule has 0 heterocycles. The lowest BCUT2D eigenvalue weighted by Crippen LogP contribution is -2.38. The first-order valence-electron chi connectivity index (χ1n) is 6.65. The third-order valence-corrected chi connectivity index (χ3v) is 3.97. The molecule has 5 heteroatoms. The molecule has 0 aliphatic heterocycles. The average Bonchev–Trinajstić information content (AvgIpc) is 2.46. The van der Waals surface area contributed by atoms with Gasteiger partial charge in [-0.1, -0.05) is 32.0 Å². The molecule has 1 N–H and O–H groups in total. The Hall–Kier alpha value is -1.49. The number of ether oxygens (including phenoxy) is 1. The lowest BCUT2D eigenvalue weighted by atomic mass is 10.1. The fourth-order valence-electron chi connectivity index (χ4n) is 1.74. The molecule has 0 radical (unpaired) electrons. The SMILES string of the molecule is CC[C@@H](C(=O)NC[C@H](C)Sc1ccccc1)C(=O)OC. The third-order valence-electron chi connectivity index (χ3n) is 2.85. The van der Waals surface area contributed by atoms with Crippen molar-refractivity contribution in [1.82, 2.24) is 5.32 Å². The van der Waals surface area contributed by atoms with Crippen LogP contribution in [-0.4, -0.2) is 30.8 Å². The van der Waals surface area contributed by atoms with Crippen molar-refractivity contribution in [3.8, 4) is 0 Å². The van der Waals surface area contributed by atoms with Gasteiger partial charge in [-0.05, 0) is 18.6 Å². The maximum Gasteiger partial charge on any atom is 0.318 e. The van der Waals surface area contributed by atoms with E-state index in [1.54, 1.807) is 18.7 Å². The summed E-state index contributed by atoms with van der Waals surface area (Å²) in [6.45, 7) is 4.35. The Morgan fingerprint density at radius 3 is 2.50 bits per heavy atom. The number of carbonyl (C=O) groups is 2. The maximum atomic E-state index is 11.9. The number of hydrogen-bond donors (Lipinski definition) is 1. The largest absolute Gasteiger partial charge is 0.468 e. The van der Waals surface area contributed by atoms with E-state index >= 15 is 0 Å². The molecule has 4 nitrogen and oxygen atoms in total. The second kappa shape index (κ2) is 8.64. The van der Waals surface area contributed by atoms with Crippen LogP contribution in [-0.2, 0) is 14.3 Å². The fraction of sp³-hybridized carbons (Fsp3) is 0.467. The lowest BCUT2D eigenvalue weighted by molar-refractivity contribution is -0.150. The Morgan fingerprint density at radius 1 is 1.30 bits per heavy atom. The number of carbonyl (C=O) groups excluding carboxylic acids is 2. The molecule has 1 amide bonds. The van der Waals surface area contributed by atoms with Gasteiger partial charge >= 0.3 is 5.97 Å². The zero-order valence-corrected chi connectivity index (χ0v) is 12.9. The minimum atomic E-state index is -0.714. The van der Waals surface area contributed by atoms with Crippen LogP contribution in [0.25, 0.3) is 0 Å². The molecular formula is C15H21NO3S. The van der Waals surface area contributed by atoms with E-state index in [0.29, 0.717) is 13.0 Å². The van der Waals surface area contributed by atoms with Gasteiger partial charge in [0.2, 0.25) is 5.91 Å². The number of methoxy groups -OCH3 is 1. The highest BCUT2D eigenvalue weighted by atomic mass is 32.2. The zero-order valence-electron chi connectivity index (χ0n) is 12.1. The smallest absolute Gasteiger partial charge is 0.318 e. The molecule has 0 aliphatic carbocycles. The Labute approximate surface area is 124 Å². The van der Waals surface area contributed by atoms with E-state index in [-0.39, 0.29) is 11.2 Å².